The second-order valence-corrected chi connectivity index (χ2v) is 4.45. The number of tetrazole rings is 1. The van der Waals surface area contributed by atoms with Crippen LogP contribution in [0.3, 0.4) is 0 Å². The third kappa shape index (κ3) is 4.46. The zero-order valence-corrected chi connectivity index (χ0v) is 11.3. The van der Waals surface area contributed by atoms with E-state index in [4.69, 9.17) is 5.73 Å². The van der Waals surface area contributed by atoms with Crippen molar-refractivity contribution < 1.29 is 9.59 Å². The monoisotopic (exact) mass is 288 g/mol. The average Bonchev–Trinajstić information content (AvgIpc) is 3.00. The second-order valence-electron chi connectivity index (χ2n) is 4.45. The van der Waals surface area contributed by atoms with Crippen molar-refractivity contribution in [2.45, 2.75) is 19.0 Å². The molecule has 1 aromatic heterocycles. The molecule has 8 heteroatoms. The third-order valence-electron chi connectivity index (χ3n) is 2.88. The summed E-state index contributed by atoms with van der Waals surface area (Å²) in [5.74, 6) is -0.588. The molecule has 0 radical (unpaired) electrons. The Balaban J connectivity index is 2.07. The minimum absolute atomic E-state index is 0.0532. The lowest BCUT2D eigenvalue weighted by Gasteiger charge is -2.17. The molecule has 2 rings (SSSR count). The molecule has 21 heavy (non-hydrogen) atoms. The summed E-state index contributed by atoms with van der Waals surface area (Å²) in [5, 5.41) is 13.6. The van der Waals surface area contributed by atoms with Gasteiger partial charge in [0.1, 0.15) is 6.54 Å². The van der Waals surface area contributed by atoms with Crippen molar-refractivity contribution in [3.8, 4) is 0 Å². The summed E-state index contributed by atoms with van der Waals surface area (Å²) in [6.45, 7) is -0.220. The zero-order valence-electron chi connectivity index (χ0n) is 11.3. The van der Waals surface area contributed by atoms with Crippen LogP contribution in [0.15, 0.2) is 36.7 Å². The van der Waals surface area contributed by atoms with Gasteiger partial charge < -0.3 is 11.1 Å². The first-order valence-electron chi connectivity index (χ1n) is 6.46. The van der Waals surface area contributed by atoms with Crippen molar-refractivity contribution in [2.75, 3.05) is 6.54 Å². The minimum Gasteiger partial charge on any atom is -0.345 e. The van der Waals surface area contributed by atoms with Crippen molar-refractivity contribution >= 4 is 11.7 Å². The first-order chi connectivity index (χ1) is 10.2. The van der Waals surface area contributed by atoms with E-state index in [1.54, 1.807) is 0 Å². The molecule has 0 aliphatic rings. The first-order valence-corrected chi connectivity index (χ1v) is 6.46. The molecule has 0 bridgehead atoms. The maximum absolute atomic E-state index is 12.3. The van der Waals surface area contributed by atoms with Gasteiger partial charge in [0.05, 0.1) is 12.6 Å². The summed E-state index contributed by atoms with van der Waals surface area (Å²) < 4.78 is 0. The van der Waals surface area contributed by atoms with Crippen LogP contribution in [0.25, 0.3) is 0 Å². The maximum atomic E-state index is 12.3. The maximum Gasteiger partial charge on any atom is 0.234 e. The summed E-state index contributed by atoms with van der Waals surface area (Å²) in [5.41, 5.74) is 6.23. The summed E-state index contributed by atoms with van der Waals surface area (Å²) >= 11 is 0. The number of Topliss-reactive ketones (excluding diaryl/α,β-unsaturated/α-hetero) is 1. The van der Waals surface area contributed by atoms with E-state index in [0.29, 0.717) is 6.42 Å². The van der Waals surface area contributed by atoms with Gasteiger partial charge in [-0.15, -0.1) is 10.2 Å². The number of hydrogen-bond donors (Lipinski definition) is 2. The first kappa shape index (κ1) is 14.8. The van der Waals surface area contributed by atoms with Crippen LogP contribution in [0.4, 0.5) is 0 Å². The van der Waals surface area contributed by atoms with Gasteiger partial charge in [-0.05, 0) is 17.2 Å². The van der Waals surface area contributed by atoms with Crippen molar-refractivity contribution in [1.82, 2.24) is 25.5 Å². The number of carbonyl (C=O) groups excluding carboxylic acids is 2. The highest BCUT2D eigenvalue weighted by molar-refractivity contribution is 5.89. The molecule has 0 saturated heterocycles. The highest BCUT2D eigenvalue weighted by atomic mass is 16.2. The molecule has 3 N–H and O–H groups in total. The number of benzene rings is 1. The molecule has 110 valence electrons. The Morgan fingerprint density at radius 1 is 1.29 bits per heavy atom. The quantitative estimate of drug-likeness (QED) is 0.670. The smallest absolute Gasteiger partial charge is 0.234 e. The normalized spacial score (nSPS) is 11.9. The molecule has 1 atom stereocenters. The molecular formula is C13H16N6O2. The van der Waals surface area contributed by atoms with Crippen molar-refractivity contribution in [1.29, 1.82) is 0 Å². The van der Waals surface area contributed by atoms with Crippen LogP contribution in [0, 0.1) is 0 Å². The number of aromatic nitrogens is 4. The second kappa shape index (κ2) is 7.25. The van der Waals surface area contributed by atoms with Crippen LogP contribution in [-0.2, 0) is 22.6 Å². The van der Waals surface area contributed by atoms with Crippen molar-refractivity contribution in [3.63, 3.8) is 0 Å². The molecule has 1 amide bonds. The molecular weight excluding hydrogens is 272 g/mol. The number of hydrogen-bond acceptors (Lipinski definition) is 6. The molecule has 0 aliphatic heterocycles. The van der Waals surface area contributed by atoms with E-state index in [9.17, 15) is 9.59 Å². The average molecular weight is 288 g/mol. The van der Waals surface area contributed by atoms with E-state index in [-0.39, 0.29) is 24.8 Å². The fourth-order valence-corrected chi connectivity index (χ4v) is 1.86. The highest BCUT2D eigenvalue weighted by Gasteiger charge is 2.21. The number of ketones is 1. The van der Waals surface area contributed by atoms with Gasteiger partial charge in [0.15, 0.2) is 12.1 Å². The third-order valence-corrected chi connectivity index (χ3v) is 2.88. The Hall–Kier alpha value is -2.61. The fourth-order valence-electron chi connectivity index (χ4n) is 1.86. The van der Waals surface area contributed by atoms with Gasteiger partial charge in [0.25, 0.3) is 0 Å². The number of nitrogens with zero attached hydrogens (tertiary/aromatic N) is 4. The van der Waals surface area contributed by atoms with Crippen LogP contribution in [0.5, 0.6) is 0 Å². The van der Waals surface area contributed by atoms with Crippen LogP contribution in [0.1, 0.15) is 5.56 Å². The van der Waals surface area contributed by atoms with E-state index in [1.807, 2.05) is 30.3 Å². The van der Waals surface area contributed by atoms with Gasteiger partial charge in [0.2, 0.25) is 5.91 Å². The number of rotatable bonds is 7. The van der Waals surface area contributed by atoms with Gasteiger partial charge in [-0.1, -0.05) is 30.3 Å². The van der Waals surface area contributed by atoms with Gasteiger partial charge in [-0.3, -0.25) is 9.59 Å². The minimum atomic E-state index is -0.672. The van der Waals surface area contributed by atoms with Gasteiger partial charge >= 0.3 is 0 Å². The molecule has 0 aliphatic carbocycles. The predicted molar refractivity (Wildman–Crippen MR) is 74.0 cm³/mol. The van der Waals surface area contributed by atoms with Crippen LogP contribution >= 0.6 is 0 Å². The number of nitrogens with two attached hydrogens (primary N) is 1. The molecule has 1 heterocycles. The molecule has 1 unspecified atom stereocenters. The molecule has 0 saturated carbocycles. The highest BCUT2D eigenvalue weighted by Crippen LogP contribution is 2.05. The topological polar surface area (TPSA) is 116 Å². The van der Waals surface area contributed by atoms with Crippen LogP contribution < -0.4 is 11.1 Å². The predicted octanol–water partition coefficient (Wildman–Crippen LogP) is -1.07. The van der Waals surface area contributed by atoms with Crippen LogP contribution in [-0.4, -0.2) is 44.5 Å². The Morgan fingerprint density at radius 3 is 2.67 bits per heavy atom. The largest absolute Gasteiger partial charge is 0.345 e. The summed E-state index contributed by atoms with van der Waals surface area (Å²) in [6.07, 6.45) is 1.64. The Kier molecular flexibility index (Phi) is 5.10. The molecule has 0 fully saturated rings. The van der Waals surface area contributed by atoms with E-state index in [2.05, 4.69) is 20.7 Å². The number of amides is 1. The lowest BCUT2D eigenvalue weighted by molar-refractivity contribution is -0.127. The Labute approximate surface area is 121 Å². The van der Waals surface area contributed by atoms with E-state index in [1.165, 1.54) is 11.1 Å². The van der Waals surface area contributed by atoms with E-state index >= 15 is 0 Å². The standard InChI is InChI=1S/C13H16N6O2/c14-7-13(21)17-11(6-10-4-2-1-3-5-10)12(20)8-19-16-9-15-18-19/h1-5,9,11H,6-8,14H2,(H,17,21). The number of carbonyl (C=O) groups is 2. The number of nitrogens with one attached hydrogen (secondary N) is 1. The molecule has 1 aromatic carbocycles. The Morgan fingerprint density at radius 2 is 2.05 bits per heavy atom. The summed E-state index contributed by atoms with van der Waals surface area (Å²) in [7, 11) is 0. The Bertz CT molecular complexity index is 584. The summed E-state index contributed by atoms with van der Waals surface area (Å²) in [6, 6.07) is 8.75. The van der Waals surface area contributed by atoms with Gasteiger partial charge in [-0.25, -0.2) is 0 Å². The molecule has 8 nitrogen and oxygen atoms in total. The molecule has 0 spiro atoms. The fraction of sp³-hybridized carbons (Fsp3) is 0.308. The van der Waals surface area contributed by atoms with Gasteiger partial charge in [0, 0.05) is 0 Å². The summed E-state index contributed by atoms with van der Waals surface area (Å²) in [4.78, 5) is 24.9. The van der Waals surface area contributed by atoms with Crippen LogP contribution in [0.2, 0.25) is 0 Å². The van der Waals surface area contributed by atoms with Gasteiger partial charge in [-0.2, -0.15) is 4.80 Å². The lowest BCUT2D eigenvalue weighted by atomic mass is 10.0. The SMILES string of the molecule is NCC(=O)NC(Cc1ccccc1)C(=O)Cn1ncnn1. The van der Waals surface area contributed by atoms with E-state index in [0.717, 1.165) is 5.56 Å². The lowest BCUT2D eigenvalue weighted by Crippen LogP contribution is -2.46. The van der Waals surface area contributed by atoms with E-state index < -0.39 is 6.04 Å². The molecule has 2 aromatic rings. The van der Waals surface area contributed by atoms with Crippen molar-refractivity contribution in [3.05, 3.63) is 42.2 Å². The zero-order chi connectivity index (χ0) is 15.1. The van der Waals surface area contributed by atoms with Crippen molar-refractivity contribution in [2.24, 2.45) is 5.73 Å².